The molecule has 1 aliphatic heterocycles. The van der Waals surface area contributed by atoms with E-state index in [-0.39, 0.29) is 18.1 Å². The molecule has 1 atom stereocenters. The molecule has 160 valence electrons. The van der Waals surface area contributed by atoms with Crippen LogP contribution in [0, 0.1) is 0 Å². The Morgan fingerprint density at radius 2 is 1.72 bits per heavy atom. The van der Waals surface area contributed by atoms with Crippen LogP contribution in [0.2, 0.25) is 0 Å². The summed E-state index contributed by atoms with van der Waals surface area (Å²) < 4.78 is 18.0. The molecule has 0 spiro atoms. The quantitative estimate of drug-likeness (QED) is 0.444. The van der Waals surface area contributed by atoms with Crippen molar-refractivity contribution in [3.8, 4) is 17.2 Å². The van der Waals surface area contributed by atoms with Crippen molar-refractivity contribution in [3.63, 3.8) is 0 Å². The van der Waals surface area contributed by atoms with Crippen molar-refractivity contribution in [2.24, 2.45) is 0 Å². The first kappa shape index (κ1) is 19.9. The standard InChI is InChI=1S/C26H21NO5/c1-30-19-12-10-18(11-13-19)27-14-23(21-7-2-3-8-22(21)25(27)28)26(29)32-16-17-15-31-24-9-5-4-6-20(17)24/h2-14,17H,15-16H2,1H3. The highest BCUT2D eigenvalue weighted by molar-refractivity contribution is 6.04. The molecule has 4 aromatic rings. The van der Waals surface area contributed by atoms with Crippen molar-refractivity contribution in [2.75, 3.05) is 20.3 Å². The lowest BCUT2D eigenvalue weighted by atomic mass is 10.0. The number of fused-ring (bicyclic) bond motifs is 2. The summed E-state index contributed by atoms with van der Waals surface area (Å²) in [5, 5.41) is 1.02. The second kappa shape index (κ2) is 8.23. The van der Waals surface area contributed by atoms with Gasteiger partial charge in [0, 0.05) is 28.2 Å². The highest BCUT2D eigenvalue weighted by Gasteiger charge is 2.26. The Balaban J connectivity index is 1.49. The third-order valence-electron chi connectivity index (χ3n) is 5.71. The molecule has 0 amide bonds. The Hall–Kier alpha value is -4.06. The molecule has 0 radical (unpaired) electrons. The number of nitrogens with zero attached hydrogens (tertiary/aromatic N) is 1. The minimum Gasteiger partial charge on any atom is -0.497 e. The van der Waals surface area contributed by atoms with Crippen molar-refractivity contribution in [1.29, 1.82) is 0 Å². The Bertz CT molecular complexity index is 1360. The molecule has 5 rings (SSSR count). The van der Waals surface area contributed by atoms with Crippen LogP contribution in [0.15, 0.2) is 83.8 Å². The van der Waals surface area contributed by atoms with E-state index in [1.54, 1.807) is 61.8 Å². The highest BCUT2D eigenvalue weighted by atomic mass is 16.5. The second-order valence-corrected chi connectivity index (χ2v) is 7.61. The molecular formula is C26H21NO5. The largest absolute Gasteiger partial charge is 0.497 e. The molecule has 0 fully saturated rings. The summed E-state index contributed by atoms with van der Waals surface area (Å²) in [5.41, 5.74) is 1.80. The van der Waals surface area contributed by atoms with Crippen LogP contribution in [0.4, 0.5) is 0 Å². The van der Waals surface area contributed by atoms with E-state index in [9.17, 15) is 9.59 Å². The van der Waals surface area contributed by atoms with E-state index in [1.165, 1.54) is 4.57 Å². The van der Waals surface area contributed by atoms with Gasteiger partial charge in [-0.2, -0.15) is 0 Å². The normalized spacial score (nSPS) is 14.6. The Labute approximate surface area is 184 Å². The molecule has 0 N–H and O–H groups in total. The molecule has 1 aliphatic rings. The van der Waals surface area contributed by atoms with E-state index >= 15 is 0 Å². The van der Waals surface area contributed by atoms with E-state index in [2.05, 4.69) is 0 Å². The van der Waals surface area contributed by atoms with Crippen LogP contribution in [0.25, 0.3) is 16.5 Å². The summed E-state index contributed by atoms with van der Waals surface area (Å²) in [6.45, 7) is 0.671. The van der Waals surface area contributed by atoms with E-state index in [1.807, 2.05) is 24.3 Å². The highest BCUT2D eigenvalue weighted by Crippen LogP contribution is 2.33. The van der Waals surface area contributed by atoms with Gasteiger partial charge in [-0.05, 0) is 36.4 Å². The average Bonchev–Trinajstić information content (AvgIpc) is 3.26. The number of methoxy groups -OCH3 is 1. The van der Waals surface area contributed by atoms with E-state index in [0.29, 0.717) is 34.4 Å². The minimum atomic E-state index is -0.479. The van der Waals surface area contributed by atoms with Crippen LogP contribution in [0.3, 0.4) is 0 Å². The molecule has 0 saturated heterocycles. The zero-order valence-electron chi connectivity index (χ0n) is 17.5. The van der Waals surface area contributed by atoms with Gasteiger partial charge in [0.2, 0.25) is 0 Å². The van der Waals surface area contributed by atoms with Gasteiger partial charge in [-0.25, -0.2) is 4.79 Å². The van der Waals surface area contributed by atoms with Gasteiger partial charge in [0.05, 0.1) is 25.2 Å². The zero-order valence-corrected chi connectivity index (χ0v) is 17.5. The third-order valence-corrected chi connectivity index (χ3v) is 5.71. The third kappa shape index (κ3) is 3.50. The smallest absolute Gasteiger partial charge is 0.340 e. The predicted octanol–water partition coefficient (Wildman–Crippen LogP) is 4.33. The van der Waals surface area contributed by atoms with Crippen molar-refractivity contribution in [1.82, 2.24) is 4.57 Å². The van der Waals surface area contributed by atoms with Gasteiger partial charge in [0.25, 0.3) is 5.56 Å². The zero-order chi connectivity index (χ0) is 22.1. The summed E-state index contributed by atoms with van der Waals surface area (Å²) in [6, 6.07) is 21.9. The fourth-order valence-corrected chi connectivity index (χ4v) is 4.01. The van der Waals surface area contributed by atoms with E-state index < -0.39 is 5.97 Å². The van der Waals surface area contributed by atoms with Crippen molar-refractivity contribution < 1.29 is 19.0 Å². The lowest BCUT2D eigenvalue weighted by Gasteiger charge is -2.14. The molecule has 1 unspecified atom stereocenters. The van der Waals surface area contributed by atoms with Crippen LogP contribution >= 0.6 is 0 Å². The monoisotopic (exact) mass is 427 g/mol. The summed E-state index contributed by atoms with van der Waals surface area (Å²) >= 11 is 0. The molecule has 0 aliphatic carbocycles. The molecule has 2 heterocycles. The number of benzene rings is 3. The number of carbonyl (C=O) groups is 1. The molecule has 6 nitrogen and oxygen atoms in total. The van der Waals surface area contributed by atoms with Crippen LogP contribution in [0.5, 0.6) is 11.5 Å². The Kier molecular flexibility index (Phi) is 5.11. The first-order valence-electron chi connectivity index (χ1n) is 10.3. The molecule has 32 heavy (non-hydrogen) atoms. The van der Waals surface area contributed by atoms with Crippen molar-refractivity contribution in [3.05, 3.63) is 100 Å². The minimum absolute atomic E-state index is 0.0195. The molecule has 0 bridgehead atoms. The fourth-order valence-electron chi connectivity index (χ4n) is 4.01. The molecule has 3 aromatic carbocycles. The Morgan fingerprint density at radius 1 is 1.00 bits per heavy atom. The van der Waals surface area contributed by atoms with Crippen LogP contribution in [0.1, 0.15) is 21.8 Å². The number of ether oxygens (including phenoxy) is 3. The van der Waals surface area contributed by atoms with Crippen LogP contribution in [-0.2, 0) is 4.74 Å². The lowest BCUT2D eigenvalue weighted by molar-refractivity contribution is 0.0472. The first-order chi connectivity index (χ1) is 15.7. The second-order valence-electron chi connectivity index (χ2n) is 7.61. The van der Waals surface area contributed by atoms with Crippen LogP contribution < -0.4 is 15.0 Å². The van der Waals surface area contributed by atoms with Gasteiger partial charge in [-0.3, -0.25) is 9.36 Å². The van der Waals surface area contributed by atoms with Gasteiger partial charge >= 0.3 is 5.97 Å². The SMILES string of the molecule is COc1ccc(-n2cc(C(=O)OCC3COc4ccccc43)c3ccccc3c2=O)cc1. The average molecular weight is 427 g/mol. The van der Waals surface area contributed by atoms with Crippen LogP contribution in [-0.4, -0.2) is 30.9 Å². The number of esters is 1. The lowest BCUT2D eigenvalue weighted by Crippen LogP contribution is -2.22. The van der Waals surface area contributed by atoms with Crippen molar-refractivity contribution in [2.45, 2.75) is 5.92 Å². The van der Waals surface area contributed by atoms with Gasteiger partial charge in [-0.15, -0.1) is 0 Å². The number of hydrogen-bond acceptors (Lipinski definition) is 5. The van der Waals surface area contributed by atoms with Crippen molar-refractivity contribution >= 4 is 16.7 Å². The van der Waals surface area contributed by atoms with Gasteiger partial charge < -0.3 is 14.2 Å². The fraction of sp³-hybridized carbons (Fsp3) is 0.154. The number of rotatable bonds is 5. The Morgan fingerprint density at radius 3 is 2.50 bits per heavy atom. The number of hydrogen-bond donors (Lipinski definition) is 0. The maximum absolute atomic E-state index is 13.1. The summed E-state index contributed by atoms with van der Waals surface area (Å²) in [5.74, 6) is 1.01. The first-order valence-corrected chi connectivity index (χ1v) is 10.3. The number of carbonyl (C=O) groups excluding carboxylic acids is 1. The summed E-state index contributed by atoms with van der Waals surface area (Å²) in [7, 11) is 1.58. The summed E-state index contributed by atoms with van der Waals surface area (Å²) in [4.78, 5) is 26.2. The molecule has 0 saturated carbocycles. The van der Waals surface area contributed by atoms with Gasteiger partial charge in [0.15, 0.2) is 0 Å². The number of aromatic nitrogens is 1. The maximum atomic E-state index is 13.1. The van der Waals surface area contributed by atoms with Gasteiger partial charge in [0.1, 0.15) is 18.1 Å². The molecule has 6 heteroatoms. The van der Waals surface area contributed by atoms with Gasteiger partial charge in [-0.1, -0.05) is 36.4 Å². The topological polar surface area (TPSA) is 66.8 Å². The summed E-state index contributed by atoms with van der Waals surface area (Å²) in [6.07, 6.45) is 1.55. The van der Waals surface area contributed by atoms with E-state index in [0.717, 1.165) is 11.3 Å². The molecule has 1 aromatic heterocycles. The molecular weight excluding hydrogens is 406 g/mol. The maximum Gasteiger partial charge on any atom is 0.340 e. The number of pyridine rings is 1. The number of para-hydroxylation sites is 1. The predicted molar refractivity (Wildman–Crippen MR) is 121 cm³/mol. The van der Waals surface area contributed by atoms with E-state index in [4.69, 9.17) is 14.2 Å².